The Morgan fingerprint density at radius 2 is 2.12 bits per heavy atom. The molecule has 1 aliphatic rings. The minimum absolute atomic E-state index is 0.133. The van der Waals surface area contributed by atoms with Gasteiger partial charge in [-0.1, -0.05) is 13.8 Å². The van der Waals surface area contributed by atoms with Gasteiger partial charge >= 0.3 is 0 Å². The van der Waals surface area contributed by atoms with Gasteiger partial charge in [0.15, 0.2) is 0 Å². The molecule has 0 radical (unpaired) electrons. The van der Waals surface area contributed by atoms with Crippen LogP contribution in [-0.2, 0) is 4.79 Å². The number of amides is 1. The number of nitrogens with one attached hydrogen (secondary N) is 1. The summed E-state index contributed by atoms with van der Waals surface area (Å²) in [5.74, 6) is 0.611. The van der Waals surface area contributed by atoms with Crippen LogP contribution in [0.2, 0.25) is 0 Å². The first-order valence-electron chi connectivity index (χ1n) is 6.69. The summed E-state index contributed by atoms with van der Waals surface area (Å²) in [5, 5.41) is 3.05. The third-order valence-electron chi connectivity index (χ3n) is 3.79. The second-order valence-electron chi connectivity index (χ2n) is 5.70. The van der Waals surface area contributed by atoms with E-state index in [1.165, 1.54) is 0 Å². The third-order valence-corrected chi connectivity index (χ3v) is 3.79. The predicted molar refractivity (Wildman–Crippen MR) is 70.7 cm³/mol. The number of likely N-dealkylation sites (tertiary alicyclic amines) is 1. The first kappa shape index (κ1) is 14.5. The van der Waals surface area contributed by atoms with Crippen molar-refractivity contribution in [1.29, 1.82) is 0 Å². The van der Waals surface area contributed by atoms with E-state index in [4.69, 9.17) is 5.73 Å². The number of nitrogens with zero attached hydrogens (tertiary/aromatic N) is 1. The van der Waals surface area contributed by atoms with E-state index in [2.05, 4.69) is 37.9 Å². The maximum absolute atomic E-state index is 11.9. The van der Waals surface area contributed by atoms with E-state index >= 15 is 0 Å². The molecule has 17 heavy (non-hydrogen) atoms. The molecule has 0 spiro atoms. The molecule has 100 valence electrons. The van der Waals surface area contributed by atoms with Crippen molar-refractivity contribution in [3.8, 4) is 0 Å². The van der Waals surface area contributed by atoms with Gasteiger partial charge in [0.1, 0.15) is 0 Å². The zero-order chi connectivity index (χ0) is 13.0. The molecular weight excluding hydrogens is 214 g/mol. The van der Waals surface area contributed by atoms with Crippen molar-refractivity contribution in [2.45, 2.75) is 58.7 Å². The summed E-state index contributed by atoms with van der Waals surface area (Å²) in [5.41, 5.74) is 5.91. The first-order valence-corrected chi connectivity index (χ1v) is 6.69. The summed E-state index contributed by atoms with van der Waals surface area (Å²) in [6.07, 6.45) is 1.99. The molecule has 3 unspecified atom stereocenters. The van der Waals surface area contributed by atoms with Crippen molar-refractivity contribution in [2.75, 3.05) is 13.1 Å². The molecule has 1 fully saturated rings. The van der Waals surface area contributed by atoms with Crippen molar-refractivity contribution in [1.82, 2.24) is 10.2 Å². The third kappa shape index (κ3) is 4.64. The minimum Gasteiger partial charge on any atom is -0.352 e. The van der Waals surface area contributed by atoms with Gasteiger partial charge < -0.3 is 11.1 Å². The summed E-state index contributed by atoms with van der Waals surface area (Å²) in [6.45, 7) is 9.88. The zero-order valence-corrected chi connectivity index (χ0v) is 11.6. The van der Waals surface area contributed by atoms with E-state index in [1.54, 1.807) is 0 Å². The molecule has 1 heterocycles. The Bertz CT molecular complexity index is 255. The number of carbonyl (C=O) groups is 1. The quantitative estimate of drug-likeness (QED) is 0.771. The van der Waals surface area contributed by atoms with Crippen molar-refractivity contribution in [3.63, 3.8) is 0 Å². The van der Waals surface area contributed by atoms with Crippen LogP contribution in [0.25, 0.3) is 0 Å². The number of nitrogens with two attached hydrogens (primary N) is 1. The maximum Gasteiger partial charge on any atom is 0.234 e. The molecule has 0 bridgehead atoms. The molecular formula is C13H27N3O. The van der Waals surface area contributed by atoms with Gasteiger partial charge in [-0.15, -0.1) is 0 Å². The van der Waals surface area contributed by atoms with Gasteiger partial charge in [0, 0.05) is 24.7 Å². The molecule has 1 rings (SSSR count). The Morgan fingerprint density at radius 1 is 1.47 bits per heavy atom. The Balaban J connectivity index is 2.36. The average molecular weight is 241 g/mol. The highest BCUT2D eigenvalue weighted by Crippen LogP contribution is 2.15. The lowest BCUT2D eigenvalue weighted by Crippen LogP contribution is -2.50. The van der Waals surface area contributed by atoms with Gasteiger partial charge in [-0.3, -0.25) is 9.69 Å². The highest BCUT2D eigenvalue weighted by Gasteiger charge is 2.25. The van der Waals surface area contributed by atoms with E-state index in [0.717, 1.165) is 19.4 Å². The van der Waals surface area contributed by atoms with Crippen molar-refractivity contribution < 1.29 is 4.79 Å². The first-order chi connectivity index (χ1) is 7.90. The Kier molecular flexibility index (Phi) is 5.40. The average Bonchev–Trinajstić information content (AvgIpc) is 2.22. The monoisotopic (exact) mass is 241 g/mol. The fourth-order valence-electron chi connectivity index (χ4n) is 2.14. The zero-order valence-electron chi connectivity index (χ0n) is 11.6. The number of hydrogen-bond donors (Lipinski definition) is 2. The lowest BCUT2D eigenvalue weighted by atomic mass is 9.99. The molecule has 3 N–H and O–H groups in total. The van der Waals surface area contributed by atoms with E-state index in [0.29, 0.717) is 24.5 Å². The van der Waals surface area contributed by atoms with Crippen LogP contribution in [0.4, 0.5) is 0 Å². The van der Waals surface area contributed by atoms with Gasteiger partial charge in [0.25, 0.3) is 0 Å². The van der Waals surface area contributed by atoms with Crippen LogP contribution in [0.15, 0.2) is 0 Å². The fraction of sp³-hybridized carbons (Fsp3) is 0.923. The van der Waals surface area contributed by atoms with E-state index in [1.807, 2.05) is 0 Å². The van der Waals surface area contributed by atoms with Gasteiger partial charge in [0.2, 0.25) is 5.91 Å². The van der Waals surface area contributed by atoms with E-state index < -0.39 is 0 Å². The summed E-state index contributed by atoms with van der Waals surface area (Å²) >= 11 is 0. The topological polar surface area (TPSA) is 58.4 Å². The molecule has 1 aliphatic heterocycles. The van der Waals surface area contributed by atoms with Gasteiger partial charge in [-0.25, -0.2) is 0 Å². The Morgan fingerprint density at radius 3 is 2.65 bits per heavy atom. The lowest BCUT2D eigenvalue weighted by molar-refractivity contribution is -0.124. The standard InChI is InChI=1S/C13H27N3O/c1-9(2)11(4)15-13(17)8-16-6-5-12(14)7-10(16)3/h9-12H,5-8,14H2,1-4H3,(H,15,17). The summed E-state index contributed by atoms with van der Waals surface area (Å²) in [4.78, 5) is 14.1. The molecule has 4 heteroatoms. The molecule has 0 aromatic rings. The van der Waals surface area contributed by atoms with Crippen LogP contribution >= 0.6 is 0 Å². The van der Waals surface area contributed by atoms with Gasteiger partial charge in [0.05, 0.1) is 6.54 Å². The van der Waals surface area contributed by atoms with Crippen LogP contribution in [0, 0.1) is 5.92 Å². The van der Waals surface area contributed by atoms with Gasteiger partial charge in [-0.05, 0) is 32.6 Å². The SMILES string of the molecule is CC(C)C(C)NC(=O)CN1CCC(N)CC1C. The highest BCUT2D eigenvalue weighted by molar-refractivity contribution is 5.78. The fourth-order valence-corrected chi connectivity index (χ4v) is 2.14. The van der Waals surface area contributed by atoms with Crippen LogP contribution in [0.5, 0.6) is 0 Å². The van der Waals surface area contributed by atoms with E-state index in [9.17, 15) is 4.79 Å². The number of rotatable bonds is 4. The molecule has 3 atom stereocenters. The molecule has 1 amide bonds. The van der Waals surface area contributed by atoms with Crippen LogP contribution in [-0.4, -0.2) is 42.0 Å². The Hall–Kier alpha value is -0.610. The van der Waals surface area contributed by atoms with Crippen molar-refractivity contribution >= 4 is 5.91 Å². The van der Waals surface area contributed by atoms with E-state index in [-0.39, 0.29) is 11.9 Å². The van der Waals surface area contributed by atoms with Crippen LogP contribution in [0.1, 0.15) is 40.5 Å². The number of piperidine rings is 1. The normalized spacial score (nSPS) is 28.1. The second kappa shape index (κ2) is 6.36. The molecule has 1 saturated heterocycles. The molecule has 0 aromatic carbocycles. The minimum atomic E-state index is 0.133. The smallest absolute Gasteiger partial charge is 0.234 e. The lowest BCUT2D eigenvalue weighted by Gasteiger charge is -2.36. The second-order valence-corrected chi connectivity index (χ2v) is 5.70. The molecule has 4 nitrogen and oxygen atoms in total. The summed E-state index contributed by atoms with van der Waals surface area (Å²) in [6, 6.07) is 0.961. The molecule has 0 aliphatic carbocycles. The number of hydrogen-bond acceptors (Lipinski definition) is 3. The summed E-state index contributed by atoms with van der Waals surface area (Å²) in [7, 11) is 0. The number of carbonyl (C=O) groups excluding carboxylic acids is 1. The van der Waals surface area contributed by atoms with Crippen molar-refractivity contribution in [3.05, 3.63) is 0 Å². The predicted octanol–water partition coefficient (Wildman–Crippen LogP) is 0.959. The maximum atomic E-state index is 11.9. The Labute approximate surface area is 105 Å². The van der Waals surface area contributed by atoms with Crippen LogP contribution in [0.3, 0.4) is 0 Å². The van der Waals surface area contributed by atoms with Crippen molar-refractivity contribution in [2.24, 2.45) is 11.7 Å². The molecule has 0 aromatic heterocycles. The highest BCUT2D eigenvalue weighted by atomic mass is 16.2. The van der Waals surface area contributed by atoms with Gasteiger partial charge in [-0.2, -0.15) is 0 Å². The molecule has 0 saturated carbocycles. The largest absolute Gasteiger partial charge is 0.352 e. The summed E-state index contributed by atoms with van der Waals surface area (Å²) < 4.78 is 0. The van der Waals surface area contributed by atoms with Crippen LogP contribution < -0.4 is 11.1 Å².